The van der Waals surface area contributed by atoms with Crippen LogP contribution in [0, 0.1) is 5.92 Å². The molecule has 4 nitrogen and oxygen atoms in total. The van der Waals surface area contributed by atoms with Gasteiger partial charge < -0.3 is 15.4 Å². The molecule has 0 unspecified atom stereocenters. The second kappa shape index (κ2) is 8.80. The summed E-state index contributed by atoms with van der Waals surface area (Å²) in [5, 5.41) is 5.65. The molecule has 1 fully saturated rings. The van der Waals surface area contributed by atoms with Gasteiger partial charge in [-0.1, -0.05) is 18.2 Å². The lowest BCUT2D eigenvalue weighted by Gasteiger charge is -2.13. The van der Waals surface area contributed by atoms with Crippen molar-refractivity contribution in [2.24, 2.45) is 10.9 Å². The average molecular weight is 343 g/mol. The highest BCUT2D eigenvalue weighted by atomic mass is 19.4. The van der Waals surface area contributed by atoms with Crippen molar-refractivity contribution in [1.29, 1.82) is 0 Å². The third kappa shape index (κ3) is 7.10. The van der Waals surface area contributed by atoms with Gasteiger partial charge in [-0.2, -0.15) is 13.2 Å². The number of alkyl halides is 3. The Balaban J connectivity index is 1.91. The minimum Gasteiger partial charge on any atom is -0.493 e. The number of ether oxygens (including phenoxy) is 1. The molecule has 2 N–H and O–H groups in total. The molecule has 0 aliphatic heterocycles. The van der Waals surface area contributed by atoms with Crippen LogP contribution in [0.15, 0.2) is 29.3 Å². The van der Waals surface area contributed by atoms with Crippen molar-refractivity contribution in [3.8, 4) is 5.75 Å². The van der Waals surface area contributed by atoms with Gasteiger partial charge in [0, 0.05) is 18.7 Å². The first-order chi connectivity index (χ1) is 11.5. The van der Waals surface area contributed by atoms with E-state index in [1.54, 1.807) is 0 Å². The molecular formula is C17H24F3N3O. The summed E-state index contributed by atoms with van der Waals surface area (Å²) in [4.78, 5) is 4.35. The van der Waals surface area contributed by atoms with Crippen molar-refractivity contribution in [2.45, 2.75) is 38.9 Å². The maximum absolute atomic E-state index is 12.2. The number of hydrogen-bond acceptors (Lipinski definition) is 2. The molecule has 1 aromatic carbocycles. The van der Waals surface area contributed by atoms with E-state index in [0.717, 1.165) is 11.3 Å². The molecule has 7 heteroatoms. The average Bonchev–Trinajstić information content (AvgIpc) is 3.34. The molecule has 1 aliphatic rings. The largest absolute Gasteiger partial charge is 0.493 e. The lowest BCUT2D eigenvalue weighted by atomic mass is 10.2. The van der Waals surface area contributed by atoms with Crippen molar-refractivity contribution < 1.29 is 17.9 Å². The van der Waals surface area contributed by atoms with Crippen LogP contribution >= 0.6 is 0 Å². The van der Waals surface area contributed by atoms with Crippen LogP contribution < -0.4 is 15.4 Å². The predicted molar refractivity (Wildman–Crippen MR) is 88.2 cm³/mol. The van der Waals surface area contributed by atoms with Gasteiger partial charge in [0.05, 0.1) is 19.6 Å². The van der Waals surface area contributed by atoms with E-state index in [1.165, 1.54) is 12.8 Å². The van der Waals surface area contributed by atoms with Crippen LogP contribution in [0.4, 0.5) is 13.2 Å². The van der Waals surface area contributed by atoms with E-state index in [1.807, 2.05) is 31.2 Å². The van der Waals surface area contributed by atoms with Gasteiger partial charge in [0.2, 0.25) is 0 Å². The van der Waals surface area contributed by atoms with Gasteiger partial charge in [0.25, 0.3) is 0 Å². The Labute approximate surface area is 140 Å². The van der Waals surface area contributed by atoms with Crippen LogP contribution in [0.3, 0.4) is 0 Å². The first-order valence-electron chi connectivity index (χ1n) is 8.27. The van der Waals surface area contributed by atoms with Gasteiger partial charge in [0.15, 0.2) is 5.96 Å². The first kappa shape index (κ1) is 18.4. The van der Waals surface area contributed by atoms with E-state index in [0.29, 0.717) is 31.6 Å². The summed E-state index contributed by atoms with van der Waals surface area (Å²) in [6.45, 7) is 3.31. The monoisotopic (exact) mass is 343 g/mol. The Bertz CT molecular complexity index is 542. The highest BCUT2D eigenvalue weighted by Crippen LogP contribution is 2.30. The van der Waals surface area contributed by atoms with Gasteiger partial charge in [-0.25, -0.2) is 4.99 Å². The SMILES string of the molecule is CCNC(=NCc1ccccc1OCC1CC1)NCCC(F)(F)F. The summed E-state index contributed by atoms with van der Waals surface area (Å²) in [6, 6.07) is 7.63. The highest BCUT2D eigenvalue weighted by molar-refractivity contribution is 5.79. The molecule has 0 amide bonds. The summed E-state index contributed by atoms with van der Waals surface area (Å²) in [7, 11) is 0. The van der Waals surface area contributed by atoms with Gasteiger partial charge in [-0.15, -0.1) is 0 Å². The Hall–Kier alpha value is -1.92. The number of aliphatic imine (C=N–C) groups is 1. The van der Waals surface area contributed by atoms with Crippen molar-refractivity contribution in [2.75, 3.05) is 19.7 Å². The van der Waals surface area contributed by atoms with Crippen molar-refractivity contribution in [3.05, 3.63) is 29.8 Å². The Kier molecular flexibility index (Phi) is 6.75. The number of hydrogen-bond donors (Lipinski definition) is 2. The molecule has 0 atom stereocenters. The normalized spacial score (nSPS) is 15.2. The summed E-state index contributed by atoms with van der Waals surface area (Å²) in [5.41, 5.74) is 0.922. The van der Waals surface area contributed by atoms with Crippen LogP contribution in [0.2, 0.25) is 0 Å². The molecule has 0 heterocycles. The van der Waals surface area contributed by atoms with E-state index in [9.17, 15) is 13.2 Å². The number of nitrogens with zero attached hydrogens (tertiary/aromatic N) is 1. The molecule has 0 bridgehead atoms. The fourth-order valence-electron chi connectivity index (χ4n) is 2.10. The highest BCUT2D eigenvalue weighted by Gasteiger charge is 2.26. The number of guanidine groups is 1. The molecule has 2 rings (SSSR count). The van der Waals surface area contributed by atoms with Crippen LogP contribution in [0.5, 0.6) is 5.75 Å². The molecule has 0 spiro atoms. The van der Waals surface area contributed by atoms with Gasteiger partial charge in [-0.05, 0) is 31.7 Å². The maximum atomic E-state index is 12.2. The number of rotatable bonds is 8. The smallest absolute Gasteiger partial charge is 0.390 e. The molecule has 0 radical (unpaired) electrons. The molecule has 0 aromatic heterocycles. The maximum Gasteiger partial charge on any atom is 0.390 e. The van der Waals surface area contributed by atoms with Crippen molar-refractivity contribution in [3.63, 3.8) is 0 Å². The Morgan fingerprint density at radius 2 is 2.00 bits per heavy atom. The molecule has 1 aromatic rings. The van der Waals surface area contributed by atoms with E-state index in [-0.39, 0.29) is 6.54 Å². The standard InChI is InChI=1S/C17H24F3N3O/c1-2-21-16(22-10-9-17(18,19)20)23-11-14-5-3-4-6-15(14)24-12-13-7-8-13/h3-6,13H,2,7-12H2,1H3,(H2,21,22,23). The van der Waals surface area contributed by atoms with Crippen LogP contribution in [-0.4, -0.2) is 31.8 Å². The number of benzene rings is 1. The number of halogens is 3. The zero-order valence-electron chi connectivity index (χ0n) is 13.8. The van der Waals surface area contributed by atoms with E-state index >= 15 is 0 Å². The van der Waals surface area contributed by atoms with Gasteiger partial charge in [-0.3, -0.25) is 0 Å². The second-order valence-corrected chi connectivity index (χ2v) is 5.85. The fraction of sp³-hybridized carbons (Fsp3) is 0.588. The predicted octanol–water partition coefficient (Wildman–Crippen LogP) is 3.48. The molecule has 1 saturated carbocycles. The fourth-order valence-corrected chi connectivity index (χ4v) is 2.10. The quantitative estimate of drug-likeness (QED) is 0.561. The minimum atomic E-state index is -4.17. The molecule has 24 heavy (non-hydrogen) atoms. The molecule has 0 saturated heterocycles. The summed E-state index contributed by atoms with van der Waals surface area (Å²) >= 11 is 0. The zero-order valence-corrected chi connectivity index (χ0v) is 13.8. The Morgan fingerprint density at radius 1 is 1.25 bits per heavy atom. The summed E-state index contributed by atoms with van der Waals surface area (Å²) in [5.74, 6) is 1.82. The van der Waals surface area contributed by atoms with Crippen molar-refractivity contribution in [1.82, 2.24) is 10.6 Å². The number of nitrogens with one attached hydrogen (secondary N) is 2. The van der Waals surface area contributed by atoms with E-state index < -0.39 is 12.6 Å². The van der Waals surface area contributed by atoms with Gasteiger partial charge in [0.1, 0.15) is 5.75 Å². The molecule has 1 aliphatic carbocycles. The van der Waals surface area contributed by atoms with Crippen molar-refractivity contribution >= 4 is 5.96 Å². The molecular weight excluding hydrogens is 319 g/mol. The number of para-hydroxylation sites is 1. The Morgan fingerprint density at radius 3 is 2.67 bits per heavy atom. The lowest BCUT2D eigenvalue weighted by molar-refractivity contribution is -0.132. The zero-order chi connectivity index (χ0) is 17.4. The van der Waals surface area contributed by atoms with Gasteiger partial charge >= 0.3 is 6.18 Å². The first-order valence-corrected chi connectivity index (χ1v) is 8.27. The van der Waals surface area contributed by atoms with E-state index in [2.05, 4.69) is 15.6 Å². The van der Waals surface area contributed by atoms with E-state index in [4.69, 9.17) is 4.74 Å². The molecule has 134 valence electrons. The summed E-state index contributed by atoms with van der Waals surface area (Å²) in [6.07, 6.45) is -2.63. The van der Waals surface area contributed by atoms with Crippen LogP contribution in [0.1, 0.15) is 31.7 Å². The third-order valence-electron chi connectivity index (χ3n) is 3.60. The second-order valence-electron chi connectivity index (χ2n) is 5.85. The lowest BCUT2D eigenvalue weighted by Crippen LogP contribution is -2.38. The van der Waals surface area contributed by atoms with Crippen LogP contribution in [0.25, 0.3) is 0 Å². The van der Waals surface area contributed by atoms with Crippen LogP contribution in [-0.2, 0) is 6.54 Å². The topological polar surface area (TPSA) is 45.7 Å². The third-order valence-corrected chi connectivity index (χ3v) is 3.60. The summed E-state index contributed by atoms with van der Waals surface area (Å²) < 4.78 is 42.5. The minimum absolute atomic E-state index is 0.199.